The molecule has 0 saturated heterocycles. The maximum absolute atomic E-state index is 4.63. The van der Waals surface area contributed by atoms with Gasteiger partial charge in [-0.3, -0.25) is 5.10 Å². The van der Waals surface area contributed by atoms with E-state index in [9.17, 15) is 0 Å². The van der Waals surface area contributed by atoms with Gasteiger partial charge in [0.15, 0.2) is 5.65 Å². The Kier molecular flexibility index (Phi) is 3.69. The highest BCUT2D eigenvalue weighted by molar-refractivity contribution is 5.87. The number of nitrogens with one attached hydrogen (secondary N) is 3. The summed E-state index contributed by atoms with van der Waals surface area (Å²) in [5, 5.41) is 14.8. The van der Waals surface area contributed by atoms with E-state index in [1.165, 1.54) is 19.3 Å². The molecule has 6 heteroatoms. The Morgan fingerprint density at radius 3 is 2.95 bits per heavy atom. The number of hydrogen-bond acceptors (Lipinski definition) is 5. The topological polar surface area (TPSA) is 78.5 Å². The molecular weight excluding hydrogens is 264 g/mol. The Labute approximate surface area is 125 Å². The minimum atomic E-state index is 0.420. The number of aromatic nitrogens is 4. The summed E-state index contributed by atoms with van der Waals surface area (Å²) in [7, 11) is 0. The second-order valence-electron chi connectivity index (χ2n) is 6.70. The van der Waals surface area contributed by atoms with Crippen LogP contribution in [0.4, 0.5) is 11.8 Å². The standard InChI is InChI=1S/C15H24N6/c1-4-7-16-14-19-12(11-9-17-21-13(11)20-14)18-10-5-6-15(2,3)8-10/h9-10H,4-8H2,1-3H3,(H3,16,17,18,19,20,21). The predicted octanol–water partition coefficient (Wildman–Crippen LogP) is 3.17. The third-order valence-electron chi connectivity index (χ3n) is 4.15. The van der Waals surface area contributed by atoms with E-state index >= 15 is 0 Å². The second kappa shape index (κ2) is 5.50. The van der Waals surface area contributed by atoms with Crippen LogP contribution >= 0.6 is 0 Å². The molecule has 1 fully saturated rings. The van der Waals surface area contributed by atoms with Gasteiger partial charge in [0.05, 0.1) is 11.6 Å². The zero-order valence-corrected chi connectivity index (χ0v) is 13.0. The summed E-state index contributed by atoms with van der Waals surface area (Å²) in [6.45, 7) is 7.66. The zero-order valence-electron chi connectivity index (χ0n) is 13.0. The van der Waals surface area contributed by atoms with E-state index in [4.69, 9.17) is 0 Å². The van der Waals surface area contributed by atoms with Crippen molar-refractivity contribution in [3.63, 3.8) is 0 Å². The maximum Gasteiger partial charge on any atom is 0.226 e. The Morgan fingerprint density at radius 1 is 1.38 bits per heavy atom. The van der Waals surface area contributed by atoms with Crippen LogP contribution in [0.25, 0.3) is 11.0 Å². The molecule has 1 aliphatic carbocycles. The van der Waals surface area contributed by atoms with Crippen LogP contribution in [0.1, 0.15) is 46.5 Å². The average molecular weight is 288 g/mol. The molecular formula is C15H24N6. The van der Waals surface area contributed by atoms with E-state index in [-0.39, 0.29) is 0 Å². The molecule has 0 aromatic carbocycles. The number of anilines is 2. The molecule has 0 amide bonds. The fourth-order valence-electron chi connectivity index (χ4n) is 3.01. The molecule has 6 nitrogen and oxygen atoms in total. The van der Waals surface area contributed by atoms with Gasteiger partial charge in [0.2, 0.25) is 5.95 Å². The number of rotatable bonds is 5. The molecule has 3 N–H and O–H groups in total. The minimum Gasteiger partial charge on any atom is -0.367 e. The van der Waals surface area contributed by atoms with E-state index in [0.29, 0.717) is 17.4 Å². The van der Waals surface area contributed by atoms with Crippen LogP contribution in [-0.4, -0.2) is 32.8 Å². The second-order valence-corrected chi connectivity index (χ2v) is 6.70. The highest BCUT2D eigenvalue weighted by Gasteiger charge is 2.31. The molecule has 114 valence electrons. The fraction of sp³-hybridized carbons (Fsp3) is 0.667. The molecule has 0 spiro atoms. The number of nitrogens with zero attached hydrogens (tertiary/aromatic N) is 3. The lowest BCUT2D eigenvalue weighted by Gasteiger charge is -2.18. The third kappa shape index (κ3) is 3.09. The van der Waals surface area contributed by atoms with Crippen LogP contribution in [0.15, 0.2) is 6.20 Å². The van der Waals surface area contributed by atoms with Crippen molar-refractivity contribution in [1.29, 1.82) is 0 Å². The van der Waals surface area contributed by atoms with E-state index < -0.39 is 0 Å². The summed E-state index contributed by atoms with van der Waals surface area (Å²) < 4.78 is 0. The highest BCUT2D eigenvalue weighted by atomic mass is 15.2. The summed E-state index contributed by atoms with van der Waals surface area (Å²) in [6.07, 6.45) is 6.46. The molecule has 0 radical (unpaired) electrons. The lowest BCUT2D eigenvalue weighted by Crippen LogP contribution is -2.19. The molecule has 3 rings (SSSR count). The molecule has 2 aromatic heterocycles. The third-order valence-corrected chi connectivity index (χ3v) is 4.15. The van der Waals surface area contributed by atoms with Crippen LogP contribution in [-0.2, 0) is 0 Å². The Balaban J connectivity index is 1.84. The molecule has 1 saturated carbocycles. The van der Waals surface area contributed by atoms with Crippen molar-refractivity contribution in [2.75, 3.05) is 17.2 Å². The van der Waals surface area contributed by atoms with Crippen molar-refractivity contribution in [2.24, 2.45) is 5.41 Å². The molecule has 1 atom stereocenters. The highest BCUT2D eigenvalue weighted by Crippen LogP contribution is 2.38. The van der Waals surface area contributed by atoms with Crippen molar-refractivity contribution >= 4 is 22.8 Å². The van der Waals surface area contributed by atoms with Crippen molar-refractivity contribution in [2.45, 2.75) is 52.5 Å². The minimum absolute atomic E-state index is 0.420. The van der Waals surface area contributed by atoms with E-state index in [1.807, 2.05) is 0 Å². The van der Waals surface area contributed by atoms with Gasteiger partial charge in [0, 0.05) is 12.6 Å². The average Bonchev–Trinajstić information content (AvgIpc) is 3.03. The molecule has 0 bridgehead atoms. The van der Waals surface area contributed by atoms with E-state index in [2.05, 4.69) is 51.6 Å². The van der Waals surface area contributed by atoms with Gasteiger partial charge in [0.1, 0.15) is 5.82 Å². The first-order chi connectivity index (χ1) is 10.1. The molecule has 0 aliphatic heterocycles. The van der Waals surface area contributed by atoms with Crippen LogP contribution in [0.3, 0.4) is 0 Å². The smallest absolute Gasteiger partial charge is 0.226 e. The first-order valence-corrected chi connectivity index (χ1v) is 7.79. The van der Waals surface area contributed by atoms with Crippen molar-refractivity contribution in [1.82, 2.24) is 20.2 Å². The molecule has 1 aliphatic rings. The van der Waals surface area contributed by atoms with Gasteiger partial charge < -0.3 is 10.6 Å². The van der Waals surface area contributed by atoms with Crippen LogP contribution < -0.4 is 10.6 Å². The zero-order chi connectivity index (χ0) is 14.9. The summed E-state index contributed by atoms with van der Waals surface area (Å²) in [4.78, 5) is 9.08. The van der Waals surface area contributed by atoms with Gasteiger partial charge in [-0.2, -0.15) is 15.1 Å². The maximum atomic E-state index is 4.63. The summed E-state index contributed by atoms with van der Waals surface area (Å²) in [5.41, 5.74) is 1.20. The Bertz CT molecular complexity index is 618. The normalized spacial score (nSPS) is 20.8. The molecule has 21 heavy (non-hydrogen) atoms. The van der Waals surface area contributed by atoms with Crippen LogP contribution in [0, 0.1) is 5.41 Å². The van der Waals surface area contributed by atoms with Gasteiger partial charge in [-0.25, -0.2) is 0 Å². The predicted molar refractivity (Wildman–Crippen MR) is 85.5 cm³/mol. The van der Waals surface area contributed by atoms with Gasteiger partial charge in [-0.05, 0) is 31.1 Å². The van der Waals surface area contributed by atoms with Gasteiger partial charge >= 0.3 is 0 Å². The monoisotopic (exact) mass is 288 g/mol. The van der Waals surface area contributed by atoms with Crippen molar-refractivity contribution < 1.29 is 0 Å². The molecule has 1 unspecified atom stereocenters. The van der Waals surface area contributed by atoms with E-state index in [0.717, 1.165) is 29.8 Å². The number of H-pyrrole nitrogens is 1. The van der Waals surface area contributed by atoms with Crippen molar-refractivity contribution in [3.05, 3.63) is 6.20 Å². The van der Waals surface area contributed by atoms with Crippen molar-refractivity contribution in [3.8, 4) is 0 Å². The molecule has 2 aromatic rings. The lowest BCUT2D eigenvalue weighted by atomic mass is 9.92. The van der Waals surface area contributed by atoms with Crippen LogP contribution in [0.2, 0.25) is 0 Å². The van der Waals surface area contributed by atoms with Gasteiger partial charge in [-0.1, -0.05) is 20.8 Å². The summed E-state index contributed by atoms with van der Waals surface area (Å²) >= 11 is 0. The SMILES string of the molecule is CCCNc1nc(NC2CCC(C)(C)C2)c2cn[nH]c2n1. The summed E-state index contributed by atoms with van der Waals surface area (Å²) in [5.74, 6) is 1.54. The van der Waals surface area contributed by atoms with Crippen LogP contribution in [0.5, 0.6) is 0 Å². The quantitative estimate of drug-likeness (QED) is 0.787. The lowest BCUT2D eigenvalue weighted by molar-refractivity contribution is 0.378. The first kappa shape index (κ1) is 14.1. The number of fused-ring (bicyclic) bond motifs is 1. The molecule has 2 heterocycles. The Hall–Kier alpha value is -1.85. The Morgan fingerprint density at radius 2 is 2.24 bits per heavy atom. The van der Waals surface area contributed by atoms with E-state index in [1.54, 1.807) is 6.20 Å². The van der Waals surface area contributed by atoms with Gasteiger partial charge in [-0.15, -0.1) is 0 Å². The number of hydrogen-bond donors (Lipinski definition) is 3. The fourth-order valence-corrected chi connectivity index (χ4v) is 3.01. The summed E-state index contributed by atoms with van der Waals surface area (Å²) in [6, 6.07) is 0.479. The first-order valence-electron chi connectivity index (χ1n) is 7.79. The number of aromatic amines is 1. The van der Waals surface area contributed by atoms with Gasteiger partial charge in [0.25, 0.3) is 0 Å². The largest absolute Gasteiger partial charge is 0.367 e.